The Hall–Kier alpha value is -0.760. The normalized spacial score (nSPS) is 12.7. The summed E-state index contributed by atoms with van der Waals surface area (Å²) in [7, 11) is 0. The number of hydrogen-bond acceptors (Lipinski definition) is 2. The van der Waals surface area contributed by atoms with Crippen LogP contribution < -0.4 is 0 Å². The largest absolute Gasteiger partial charge is 0.293 e. The maximum Gasteiger partial charge on any atom is 0.172 e. The van der Waals surface area contributed by atoms with Gasteiger partial charge in [-0.1, -0.05) is 45.9 Å². The molecule has 1 aromatic carbocycles. The highest BCUT2D eigenvalue weighted by Gasteiger charge is 2.09. The zero-order valence-electron chi connectivity index (χ0n) is 11.9. The predicted molar refractivity (Wildman–Crippen MR) is 81.5 cm³/mol. The molecule has 0 spiro atoms. The summed E-state index contributed by atoms with van der Waals surface area (Å²) in [6.07, 6.45) is 2.16. The topological polar surface area (TPSA) is 17.1 Å². The lowest BCUT2D eigenvalue weighted by Gasteiger charge is -2.09. The molecule has 0 radical (unpaired) electrons. The van der Waals surface area contributed by atoms with Crippen LogP contribution >= 0.6 is 11.8 Å². The second-order valence-corrected chi connectivity index (χ2v) is 6.68. The molecule has 0 aromatic heterocycles. The first-order chi connectivity index (χ1) is 8.52. The van der Waals surface area contributed by atoms with Crippen LogP contribution in [0, 0.1) is 5.92 Å². The maximum absolute atomic E-state index is 12.1. The first kappa shape index (κ1) is 15.3. The standard InChI is InChI=1S/C16H24OS/c1-5-13(4)18-11-16(17)15-8-6-7-14(10-15)9-12(2)3/h6-8,10,12-13H,5,9,11H2,1-4H3. The Bertz CT molecular complexity index is 384. The van der Waals surface area contributed by atoms with E-state index in [9.17, 15) is 4.79 Å². The van der Waals surface area contributed by atoms with E-state index < -0.39 is 0 Å². The van der Waals surface area contributed by atoms with Crippen LogP contribution in [-0.4, -0.2) is 16.8 Å². The van der Waals surface area contributed by atoms with Gasteiger partial charge < -0.3 is 0 Å². The van der Waals surface area contributed by atoms with E-state index in [1.54, 1.807) is 11.8 Å². The van der Waals surface area contributed by atoms with E-state index in [4.69, 9.17) is 0 Å². The van der Waals surface area contributed by atoms with Gasteiger partial charge in [0.1, 0.15) is 0 Å². The van der Waals surface area contributed by atoms with E-state index in [-0.39, 0.29) is 5.78 Å². The third-order valence-corrected chi connectivity index (χ3v) is 4.30. The minimum atomic E-state index is 0.255. The van der Waals surface area contributed by atoms with Crippen molar-refractivity contribution in [1.82, 2.24) is 0 Å². The molecule has 1 rings (SSSR count). The lowest BCUT2D eigenvalue weighted by Crippen LogP contribution is -2.07. The highest BCUT2D eigenvalue weighted by molar-refractivity contribution is 8.00. The van der Waals surface area contributed by atoms with Gasteiger partial charge in [-0.25, -0.2) is 0 Å². The molecule has 0 N–H and O–H groups in total. The molecule has 1 atom stereocenters. The summed E-state index contributed by atoms with van der Waals surface area (Å²) in [5, 5.41) is 0.563. The van der Waals surface area contributed by atoms with Gasteiger partial charge in [0, 0.05) is 10.8 Å². The molecule has 0 bridgehead atoms. The predicted octanol–water partition coefficient (Wildman–Crippen LogP) is 4.60. The molecule has 2 heteroatoms. The fourth-order valence-corrected chi connectivity index (χ4v) is 2.60. The van der Waals surface area contributed by atoms with Crippen LogP contribution in [0.1, 0.15) is 50.0 Å². The van der Waals surface area contributed by atoms with Crippen LogP contribution in [0.5, 0.6) is 0 Å². The fourth-order valence-electron chi connectivity index (χ4n) is 1.76. The molecule has 0 fully saturated rings. The van der Waals surface area contributed by atoms with E-state index >= 15 is 0 Å². The second-order valence-electron chi connectivity index (χ2n) is 5.25. The molecule has 1 nitrogen and oxygen atoms in total. The van der Waals surface area contributed by atoms with Gasteiger partial charge in [-0.05, 0) is 30.4 Å². The van der Waals surface area contributed by atoms with Crippen molar-refractivity contribution in [2.75, 3.05) is 5.75 Å². The highest BCUT2D eigenvalue weighted by atomic mass is 32.2. The number of carbonyl (C=O) groups is 1. The van der Waals surface area contributed by atoms with Gasteiger partial charge in [0.15, 0.2) is 5.78 Å². The molecule has 1 unspecified atom stereocenters. The average molecular weight is 264 g/mol. The summed E-state index contributed by atoms with van der Waals surface area (Å²) in [5.74, 6) is 1.48. The minimum Gasteiger partial charge on any atom is -0.293 e. The highest BCUT2D eigenvalue weighted by Crippen LogP contribution is 2.17. The average Bonchev–Trinajstić information content (AvgIpc) is 2.35. The Morgan fingerprint density at radius 2 is 2.00 bits per heavy atom. The molecule has 0 heterocycles. The minimum absolute atomic E-state index is 0.255. The lowest BCUT2D eigenvalue weighted by molar-refractivity contribution is 0.102. The van der Waals surface area contributed by atoms with Gasteiger partial charge in [0.25, 0.3) is 0 Å². The maximum atomic E-state index is 12.1. The number of benzene rings is 1. The van der Waals surface area contributed by atoms with Crippen molar-refractivity contribution in [2.24, 2.45) is 5.92 Å². The first-order valence-electron chi connectivity index (χ1n) is 6.76. The summed E-state index contributed by atoms with van der Waals surface area (Å²) in [6.45, 7) is 8.74. The Morgan fingerprint density at radius 1 is 1.28 bits per heavy atom. The van der Waals surface area contributed by atoms with Crippen molar-refractivity contribution in [2.45, 2.75) is 45.8 Å². The Kier molecular flexibility index (Phi) is 6.48. The molecule has 0 aliphatic carbocycles. The van der Waals surface area contributed by atoms with Crippen LogP contribution in [-0.2, 0) is 6.42 Å². The van der Waals surface area contributed by atoms with Gasteiger partial charge in [0.2, 0.25) is 0 Å². The molecular weight excluding hydrogens is 240 g/mol. The quantitative estimate of drug-likeness (QED) is 0.669. The second kappa shape index (κ2) is 7.63. The number of thioether (sulfide) groups is 1. The Labute approximate surface area is 115 Å². The molecule has 0 saturated heterocycles. The van der Waals surface area contributed by atoms with Crippen molar-refractivity contribution in [3.05, 3.63) is 35.4 Å². The molecule has 0 aliphatic heterocycles. The van der Waals surface area contributed by atoms with Crippen molar-refractivity contribution in [3.8, 4) is 0 Å². The van der Waals surface area contributed by atoms with Crippen molar-refractivity contribution in [3.63, 3.8) is 0 Å². The molecule has 100 valence electrons. The monoisotopic (exact) mass is 264 g/mol. The van der Waals surface area contributed by atoms with Gasteiger partial charge in [-0.2, -0.15) is 11.8 Å². The molecular formula is C16H24OS. The van der Waals surface area contributed by atoms with Gasteiger partial charge >= 0.3 is 0 Å². The van der Waals surface area contributed by atoms with Crippen LogP contribution in [0.25, 0.3) is 0 Å². The van der Waals surface area contributed by atoms with E-state index in [0.29, 0.717) is 16.9 Å². The van der Waals surface area contributed by atoms with E-state index in [2.05, 4.69) is 39.8 Å². The van der Waals surface area contributed by atoms with Crippen LogP contribution in [0.4, 0.5) is 0 Å². The van der Waals surface area contributed by atoms with Gasteiger partial charge in [0.05, 0.1) is 5.75 Å². The number of rotatable bonds is 7. The van der Waals surface area contributed by atoms with E-state index in [1.165, 1.54) is 5.56 Å². The summed E-state index contributed by atoms with van der Waals surface area (Å²) < 4.78 is 0. The summed E-state index contributed by atoms with van der Waals surface area (Å²) in [5.41, 5.74) is 2.13. The fraction of sp³-hybridized carbons (Fsp3) is 0.562. The molecule has 0 amide bonds. The molecule has 1 aromatic rings. The van der Waals surface area contributed by atoms with E-state index in [0.717, 1.165) is 18.4 Å². The van der Waals surface area contributed by atoms with Crippen LogP contribution in [0.15, 0.2) is 24.3 Å². The number of Topliss-reactive ketones (excluding diaryl/α,β-unsaturated/α-hetero) is 1. The van der Waals surface area contributed by atoms with Gasteiger partial charge in [-0.3, -0.25) is 4.79 Å². The third kappa shape index (κ3) is 5.26. The zero-order chi connectivity index (χ0) is 13.5. The molecule has 0 saturated carbocycles. The van der Waals surface area contributed by atoms with Crippen LogP contribution in [0.2, 0.25) is 0 Å². The first-order valence-corrected chi connectivity index (χ1v) is 7.81. The zero-order valence-corrected chi connectivity index (χ0v) is 12.7. The third-order valence-electron chi connectivity index (χ3n) is 2.97. The number of ketones is 1. The van der Waals surface area contributed by atoms with E-state index in [1.807, 2.05) is 12.1 Å². The molecule has 0 aliphatic rings. The summed E-state index contributed by atoms with van der Waals surface area (Å²) in [6, 6.07) is 8.10. The SMILES string of the molecule is CCC(C)SCC(=O)c1cccc(CC(C)C)c1. The van der Waals surface area contributed by atoms with Crippen molar-refractivity contribution >= 4 is 17.5 Å². The Morgan fingerprint density at radius 3 is 2.61 bits per heavy atom. The van der Waals surface area contributed by atoms with Gasteiger partial charge in [-0.15, -0.1) is 0 Å². The lowest BCUT2D eigenvalue weighted by atomic mass is 10.00. The van der Waals surface area contributed by atoms with Crippen molar-refractivity contribution < 1.29 is 4.79 Å². The number of carbonyl (C=O) groups excluding carboxylic acids is 1. The van der Waals surface area contributed by atoms with Crippen LogP contribution in [0.3, 0.4) is 0 Å². The smallest absolute Gasteiger partial charge is 0.172 e. The number of hydrogen-bond donors (Lipinski definition) is 0. The Balaban J connectivity index is 2.62. The summed E-state index contributed by atoms with van der Waals surface area (Å²) >= 11 is 1.75. The van der Waals surface area contributed by atoms with Crippen molar-refractivity contribution in [1.29, 1.82) is 0 Å². The summed E-state index contributed by atoms with van der Waals surface area (Å²) in [4.78, 5) is 12.1. The molecule has 18 heavy (non-hydrogen) atoms.